The lowest BCUT2D eigenvalue weighted by molar-refractivity contribution is 0.0697. The molecular weight excluding hydrogens is 312 g/mol. The number of carbonyl (C=O) groups is 2. The minimum absolute atomic E-state index is 0.0164. The molecule has 0 bridgehead atoms. The third-order valence-electron chi connectivity index (χ3n) is 2.24. The second-order valence-corrected chi connectivity index (χ2v) is 6.22. The number of hydrogen-bond donors (Lipinski definition) is 3. The maximum absolute atomic E-state index is 11.7. The lowest BCUT2D eigenvalue weighted by Gasteiger charge is -2.19. The van der Waals surface area contributed by atoms with Gasteiger partial charge in [0.05, 0.1) is 11.3 Å². The van der Waals surface area contributed by atoms with Crippen LogP contribution in [0.4, 0.5) is 10.5 Å². The summed E-state index contributed by atoms with van der Waals surface area (Å²) < 4.78 is 0.628. The van der Waals surface area contributed by atoms with Crippen molar-refractivity contribution in [2.45, 2.75) is 20.8 Å². The van der Waals surface area contributed by atoms with Gasteiger partial charge in [0.15, 0.2) is 0 Å². The molecule has 0 aromatic heterocycles. The van der Waals surface area contributed by atoms with Crippen LogP contribution in [-0.4, -0.2) is 23.7 Å². The van der Waals surface area contributed by atoms with Crippen LogP contribution in [0.1, 0.15) is 31.1 Å². The van der Waals surface area contributed by atoms with Crippen LogP contribution >= 0.6 is 15.9 Å². The number of aromatic carboxylic acids is 1. The van der Waals surface area contributed by atoms with Gasteiger partial charge in [-0.05, 0) is 39.5 Å². The van der Waals surface area contributed by atoms with E-state index in [0.29, 0.717) is 16.7 Å². The zero-order valence-corrected chi connectivity index (χ0v) is 12.7. The van der Waals surface area contributed by atoms with Gasteiger partial charge >= 0.3 is 12.0 Å². The molecule has 0 spiro atoms. The van der Waals surface area contributed by atoms with Gasteiger partial charge in [0.1, 0.15) is 0 Å². The number of amides is 2. The summed E-state index contributed by atoms with van der Waals surface area (Å²) in [7, 11) is 0. The van der Waals surface area contributed by atoms with E-state index in [1.807, 2.05) is 20.8 Å². The van der Waals surface area contributed by atoms with E-state index in [9.17, 15) is 9.59 Å². The molecule has 104 valence electrons. The molecule has 2 amide bonds. The smallest absolute Gasteiger partial charge is 0.335 e. The Hall–Kier alpha value is -1.56. The highest BCUT2D eigenvalue weighted by Crippen LogP contribution is 2.23. The largest absolute Gasteiger partial charge is 0.478 e. The monoisotopic (exact) mass is 328 g/mol. The quantitative estimate of drug-likeness (QED) is 0.796. The molecule has 0 atom stereocenters. The molecule has 6 heteroatoms. The summed E-state index contributed by atoms with van der Waals surface area (Å²) in [4.78, 5) is 22.6. The average Bonchev–Trinajstić information content (AvgIpc) is 2.28. The fraction of sp³-hybridized carbons (Fsp3) is 0.385. The minimum atomic E-state index is -1.04. The first-order valence-corrected chi connectivity index (χ1v) is 6.56. The van der Waals surface area contributed by atoms with Crippen LogP contribution in [0.25, 0.3) is 0 Å². The fourth-order valence-electron chi connectivity index (χ4n) is 1.27. The maximum atomic E-state index is 11.7. The summed E-state index contributed by atoms with van der Waals surface area (Å²) in [5, 5.41) is 14.2. The fourth-order valence-corrected chi connectivity index (χ4v) is 1.61. The van der Waals surface area contributed by atoms with Crippen LogP contribution in [0.2, 0.25) is 0 Å². The lowest BCUT2D eigenvalue weighted by Crippen LogP contribution is -2.35. The molecule has 0 saturated carbocycles. The van der Waals surface area contributed by atoms with Crippen molar-refractivity contribution in [2.24, 2.45) is 5.41 Å². The Morgan fingerprint density at radius 3 is 2.47 bits per heavy atom. The van der Waals surface area contributed by atoms with Gasteiger partial charge in [-0.3, -0.25) is 0 Å². The van der Waals surface area contributed by atoms with E-state index < -0.39 is 5.97 Å². The molecule has 0 saturated heterocycles. The molecule has 3 N–H and O–H groups in total. The Morgan fingerprint density at radius 2 is 1.95 bits per heavy atom. The van der Waals surface area contributed by atoms with Gasteiger partial charge < -0.3 is 15.7 Å². The second kappa shape index (κ2) is 6.06. The molecule has 0 aliphatic heterocycles. The lowest BCUT2D eigenvalue weighted by atomic mass is 9.97. The van der Waals surface area contributed by atoms with Crippen LogP contribution in [0, 0.1) is 5.41 Å². The standard InChI is InChI=1S/C13H17BrN2O3/c1-13(2,3)7-15-12(19)16-10-6-8(11(17)18)4-5-9(10)14/h4-6H,7H2,1-3H3,(H,17,18)(H2,15,16,19). The number of rotatable bonds is 3. The molecule has 0 aliphatic carbocycles. The zero-order valence-electron chi connectivity index (χ0n) is 11.1. The van der Waals surface area contributed by atoms with Gasteiger partial charge in [0, 0.05) is 11.0 Å². The van der Waals surface area contributed by atoms with Crippen molar-refractivity contribution in [2.75, 3.05) is 11.9 Å². The van der Waals surface area contributed by atoms with Crippen molar-refractivity contribution in [1.82, 2.24) is 5.32 Å². The number of nitrogens with one attached hydrogen (secondary N) is 2. The summed E-state index contributed by atoms with van der Waals surface area (Å²) >= 11 is 3.26. The summed E-state index contributed by atoms with van der Waals surface area (Å²) in [6, 6.07) is 4.09. The van der Waals surface area contributed by atoms with E-state index in [-0.39, 0.29) is 17.0 Å². The molecule has 1 aromatic rings. The number of halogens is 1. The molecule has 0 aliphatic rings. The third kappa shape index (κ3) is 5.30. The SMILES string of the molecule is CC(C)(C)CNC(=O)Nc1cc(C(=O)O)ccc1Br. The summed E-state index contributed by atoms with van der Waals surface area (Å²) in [5.74, 6) is -1.04. The summed E-state index contributed by atoms with van der Waals surface area (Å²) in [6.07, 6.45) is 0. The highest BCUT2D eigenvalue weighted by Gasteiger charge is 2.13. The number of hydrogen-bond acceptors (Lipinski definition) is 2. The number of benzene rings is 1. The van der Waals surface area contributed by atoms with E-state index in [1.54, 1.807) is 6.07 Å². The Bertz CT molecular complexity index is 495. The van der Waals surface area contributed by atoms with Gasteiger partial charge in [0.2, 0.25) is 0 Å². The van der Waals surface area contributed by atoms with Gasteiger partial charge in [-0.2, -0.15) is 0 Å². The predicted molar refractivity (Wildman–Crippen MR) is 77.6 cm³/mol. The van der Waals surface area contributed by atoms with Crippen LogP contribution in [0.5, 0.6) is 0 Å². The van der Waals surface area contributed by atoms with Crippen LogP contribution in [0.15, 0.2) is 22.7 Å². The molecule has 0 radical (unpaired) electrons. The molecular formula is C13H17BrN2O3. The maximum Gasteiger partial charge on any atom is 0.335 e. The molecule has 1 rings (SSSR count). The zero-order chi connectivity index (χ0) is 14.6. The number of carbonyl (C=O) groups excluding carboxylic acids is 1. The number of carboxylic acids is 1. The van der Waals surface area contributed by atoms with Gasteiger partial charge in [-0.1, -0.05) is 20.8 Å². The van der Waals surface area contributed by atoms with E-state index in [1.165, 1.54) is 12.1 Å². The Labute approximate surface area is 120 Å². The van der Waals surface area contributed by atoms with E-state index in [0.717, 1.165) is 0 Å². The molecule has 0 fully saturated rings. The summed E-state index contributed by atoms with van der Waals surface area (Å²) in [5.41, 5.74) is 0.526. The Kier molecular flexibility index (Phi) is 4.94. The van der Waals surface area contributed by atoms with Crippen LogP contribution in [0.3, 0.4) is 0 Å². The van der Waals surface area contributed by atoms with Gasteiger partial charge in [-0.25, -0.2) is 9.59 Å². The van der Waals surface area contributed by atoms with Crippen molar-refractivity contribution >= 4 is 33.6 Å². The molecule has 0 heterocycles. The first kappa shape index (κ1) is 15.5. The van der Waals surface area contributed by atoms with E-state index >= 15 is 0 Å². The molecule has 0 unspecified atom stereocenters. The number of carboxylic acid groups (broad SMARTS) is 1. The van der Waals surface area contributed by atoms with Crippen molar-refractivity contribution in [3.05, 3.63) is 28.2 Å². The molecule has 5 nitrogen and oxygen atoms in total. The Morgan fingerprint density at radius 1 is 1.32 bits per heavy atom. The first-order chi connectivity index (χ1) is 8.69. The highest BCUT2D eigenvalue weighted by atomic mass is 79.9. The number of urea groups is 1. The van der Waals surface area contributed by atoms with Crippen LogP contribution in [-0.2, 0) is 0 Å². The Balaban J connectivity index is 2.73. The van der Waals surface area contributed by atoms with Crippen LogP contribution < -0.4 is 10.6 Å². The van der Waals surface area contributed by atoms with Crippen molar-refractivity contribution in [3.63, 3.8) is 0 Å². The van der Waals surface area contributed by atoms with E-state index in [2.05, 4.69) is 26.6 Å². The minimum Gasteiger partial charge on any atom is -0.478 e. The average molecular weight is 329 g/mol. The van der Waals surface area contributed by atoms with Crippen molar-refractivity contribution in [3.8, 4) is 0 Å². The van der Waals surface area contributed by atoms with Crippen molar-refractivity contribution < 1.29 is 14.7 Å². The van der Waals surface area contributed by atoms with E-state index in [4.69, 9.17) is 5.11 Å². The normalized spacial score (nSPS) is 10.9. The van der Waals surface area contributed by atoms with Crippen molar-refractivity contribution in [1.29, 1.82) is 0 Å². The first-order valence-electron chi connectivity index (χ1n) is 5.77. The predicted octanol–water partition coefficient (Wildman–Crippen LogP) is 3.31. The molecule has 1 aromatic carbocycles. The highest BCUT2D eigenvalue weighted by molar-refractivity contribution is 9.10. The topological polar surface area (TPSA) is 78.4 Å². The van der Waals surface area contributed by atoms with Gasteiger partial charge in [0.25, 0.3) is 0 Å². The number of anilines is 1. The second-order valence-electron chi connectivity index (χ2n) is 5.37. The summed E-state index contributed by atoms with van der Waals surface area (Å²) in [6.45, 7) is 6.55. The van der Waals surface area contributed by atoms with Gasteiger partial charge in [-0.15, -0.1) is 0 Å². The molecule has 19 heavy (non-hydrogen) atoms. The third-order valence-corrected chi connectivity index (χ3v) is 2.93.